The zero-order valence-electron chi connectivity index (χ0n) is 12.6. The van der Waals surface area contributed by atoms with E-state index in [0.29, 0.717) is 18.9 Å². The first-order valence-electron chi connectivity index (χ1n) is 7.38. The number of allylic oxidation sites excluding steroid dienone is 2. The van der Waals surface area contributed by atoms with Crippen molar-refractivity contribution in [3.8, 4) is 11.8 Å². The topological polar surface area (TPSA) is 60.1 Å². The van der Waals surface area contributed by atoms with Crippen LogP contribution in [0.3, 0.4) is 0 Å². The molecule has 0 amide bonds. The van der Waals surface area contributed by atoms with Gasteiger partial charge in [0.25, 0.3) is 0 Å². The molecule has 2 aliphatic rings. The highest BCUT2D eigenvalue weighted by atomic mass is 16.5. The van der Waals surface area contributed by atoms with Crippen LogP contribution in [0.2, 0.25) is 0 Å². The summed E-state index contributed by atoms with van der Waals surface area (Å²) in [7, 11) is 0. The van der Waals surface area contributed by atoms with Crippen LogP contribution in [0.15, 0.2) is 28.2 Å². The van der Waals surface area contributed by atoms with E-state index in [9.17, 15) is 0 Å². The van der Waals surface area contributed by atoms with Crippen molar-refractivity contribution in [2.75, 3.05) is 39.5 Å². The van der Waals surface area contributed by atoms with Gasteiger partial charge in [0.1, 0.15) is 0 Å². The minimum absolute atomic E-state index is 0.396. The molecule has 0 unspecified atom stereocenters. The van der Waals surface area contributed by atoms with E-state index in [1.165, 1.54) is 0 Å². The Morgan fingerprint density at radius 2 is 2.33 bits per heavy atom. The van der Waals surface area contributed by atoms with Crippen LogP contribution >= 0.6 is 0 Å². The summed E-state index contributed by atoms with van der Waals surface area (Å²) in [5.41, 5.74) is 7.59. The van der Waals surface area contributed by atoms with E-state index in [-0.39, 0.29) is 0 Å². The minimum Gasteiger partial charge on any atom is -0.479 e. The Kier molecular flexibility index (Phi) is 6.32. The third-order valence-electron chi connectivity index (χ3n) is 3.35. The van der Waals surface area contributed by atoms with Gasteiger partial charge in [-0.05, 0) is 13.3 Å². The molecule has 0 bridgehead atoms. The van der Waals surface area contributed by atoms with E-state index in [2.05, 4.69) is 21.7 Å². The van der Waals surface area contributed by atoms with E-state index in [1.54, 1.807) is 12.3 Å². The van der Waals surface area contributed by atoms with Crippen molar-refractivity contribution in [2.24, 2.45) is 10.7 Å². The second kappa shape index (κ2) is 8.50. The Labute approximate surface area is 126 Å². The van der Waals surface area contributed by atoms with Crippen molar-refractivity contribution in [2.45, 2.75) is 19.8 Å². The lowest BCUT2D eigenvalue weighted by molar-refractivity contribution is 0.0343. The van der Waals surface area contributed by atoms with Gasteiger partial charge in [-0.25, -0.2) is 0 Å². The molecule has 0 aromatic rings. The quantitative estimate of drug-likeness (QED) is 0.454. The van der Waals surface area contributed by atoms with Crippen LogP contribution in [0, 0.1) is 11.8 Å². The van der Waals surface area contributed by atoms with Gasteiger partial charge in [0.05, 0.1) is 25.5 Å². The zero-order chi connectivity index (χ0) is 14.9. The van der Waals surface area contributed by atoms with Gasteiger partial charge in [0.2, 0.25) is 0 Å². The Morgan fingerprint density at radius 3 is 3.14 bits per heavy atom. The van der Waals surface area contributed by atoms with Crippen molar-refractivity contribution < 1.29 is 9.47 Å². The Morgan fingerprint density at radius 1 is 1.52 bits per heavy atom. The van der Waals surface area contributed by atoms with Crippen LogP contribution in [0.5, 0.6) is 0 Å². The molecule has 5 nitrogen and oxygen atoms in total. The lowest BCUT2D eigenvalue weighted by Gasteiger charge is -2.26. The number of rotatable bonds is 6. The molecule has 0 aromatic carbocycles. The van der Waals surface area contributed by atoms with Crippen LogP contribution in [0.4, 0.5) is 0 Å². The second-order valence-corrected chi connectivity index (χ2v) is 5.03. The van der Waals surface area contributed by atoms with E-state index in [4.69, 9.17) is 15.2 Å². The van der Waals surface area contributed by atoms with Gasteiger partial charge < -0.3 is 15.2 Å². The van der Waals surface area contributed by atoms with Crippen molar-refractivity contribution in [1.29, 1.82) is 0 Å². The van der Waals surface area contributed by atoms with Gasteiger partial charge in [-0.3, -0.25) is 9.89 Å². The molecule has 0 radical (unpaired) electrons. The lowest BCUT2D eigenvalue weighted by Crippen LogP contribution is -2.37. The number of ether oxygens (including phenoxy) is 2. The van der Waals surface area contributed by atoms with Crippen LogP contribution in [0.25, 0.3) is 0 Å². The maximum absolute atomic E-state index is 5.89. The SMILES string of the molecule is CC1=C(/C=C(\N)OCCCN2CCOCC2)N=CCC#C1. The summed E-state index contributed by atoms with van der Waals surface area (Å²) < 4.78 is 10.9. The first-order chi connectivity index (χ1) is 10.3. The molecular weight excluding hydrogens is 266 g/mol. The predicted molar refractivity (Wildman–Crippen MR) is 83.7 cm³/mol. The van der Waals surface area contributed by atoms with Crippen LogP contribution in [-0.4, -0.2) is 50.6 Å². The second-order valence-electron chi connectivity index (χ2n) is 5.03. The molecule has 0 aromatic heterocycles. The molecule has 2 aliphatic heterocycles. The summed E-state index contributed by atoms with van der Waals surface area (Å²) in [6, 6.07) is 0. The average molecular weight is 289 g/mol. The largest absolute Gasteiger partial charge is 0.479 e. The molecule has 2 N–H and O–H groups in total. The standard InChI is InChI=1S/C16H23N3O2/c1-14-5-2-3-6-18-15(14)13-16(17)21-10-4-7-19-8-11-20-12-9-19/h6,13H,3-4,7-12,17H2,1H3/b16-13+. The van der Waals surface area contributed by atoms with E-state index >= 15 is 0 Å². The fourth-order valence-electron chi connectivity index (χ4n) is 2.16. The summed E-state index contributed by atoms with van der Waals surface area (Å²) in [4.78, 5) is 6.70. The third-order valence-corrected chi connectivity index (χ3v) is 3.35. The first-order valence-corrected chi connectivity index (χ1v) is 7.38. The van der Waals surface area contributed by atoms with Crippen LogP contribution < -0.4 is 5.73 Å². The summed E-state index contributed by atoms with van der Waals surface area (Å²) in [6.07, 6.45) is 5.17. The van der Waals surface area contributed by atoms with E-state index < -0.39 is 0 Å². The maximum atomic E-state index is 5.89. The monoisotopic (exact) mass is 289 g/mol. The summed E-state index contributed by atoms with van der Waals surface area (Å²) in [5, 5.41) is 0. The fraction of sp³-hybridized carbons (Fsp3) is 0.562. The number of nitrogens with two attached hydrogens (primary N) is 1. The molecule has 2 rings (SSSR count). The third kappa shape index (κ3) is 5.62. The van der Waals surface area contributed by atoms with Gasteiger partial charge in [-0.15, -0.1) is 0 Å². The number of hydrogen-bond donors (Lipinski definition) is 1. The Hall–Kier alpha value is -1.77. The Bertz CT molecular complexity index is 491. The molecule has 1 saturated heterocycles. The molecule has 2 heterocycles. The van der Waals surface area contributed by atoms with Gasteiger partial charge >= 0.3 is 0 Å². The number of aliphatic imine (C=N–C) groups is 1. The zero-order valence-corrected chi connectivity index (χ0v) is 12.6. The van der Waals surface area contributed by atoms with Crippen molar-refractivity contribution in [3.05, 3.63) is 23.2 Å². The maximum Gasteiger partial charge on any atom is 0.186 e. The highest BCUT2D eigenvalue weighted by Crippen LogP contribution is 2.10. The minimum atomic E-state index is 0.396. The molecule has 114 valence electrons. The van der Waals surface area contributed by atoms with Gasteiger partial charge in [0.15, 0.2) is 5.88 Å². The highest BCUT2D eigenvalue weighted by Gasteiger charge is 2.09. The predicted octanol–water partition coefficient (Wildman–Crippen LogP) is 1.28. The normalized spacial score (nSPS) is 20.0. The molecule has 21 heavy (non-hydrogen) atoms. The molecule has 0 atom stereocenters. The average Bonchev–Trinajstić information content (AvgIpc) is 2.70. The van der Waals surface area contributed by atoms with Gasteiger partial charge in [0, 0.05) is 43.9 Å². The fourth-order valence-corrected chi connectivity index (χ4v) is 2.16. The number of nitrogens with zero attached hydrogens (tertiary/aromatic N) is 2. The van der Waals surface area contributed by atoms with Crippen LogP contribution in [0.1, 0.15) is 19.8 Å². The Balaban J connectivity index is 1.72. The smallest absolute Gasteiger partial charge is 0.186 e. The molecule has 0 saturated carbocycles. The molecule has 5 heteroatoms. The molecule has 0 spiro atoms. The summed E-state index contributed by atoms with van der Waals surface area (Å²) in [6.45, 7) is 7.23. The van der Waals surface area contributed by atoms with E-state index in [0.717, 1.165) is 50.5 Å². The van der Waals surface area contributed by atoms with Gasteiger partial charge in [-0.2, -0.15) is 0 Å². The van der Waals surface area contributed by atoms with E-state index in [1.807, 2.05) is 6.92 Å². The lowest BCUT2D eigenvalue weighted by atomic mass is 10.2. The van der Waals surface area contributed by atoms with Gasteiger partial charge in [-0.1, -0.05) is 11.8 Å². The summed E-state index contributed by atoms with van der Waals surface area (Å²) >= 11 is 0. The summed E-state index contributed by atoms with van der Waals surface area (Å²) in [5.74, 6) is 6.44. The number of morpholine rings is 1. The highest BCUT2D eigenvalue weighted by molar-refractivity contribution is 5.66. The van der Waals surface area contributed by atoms with Crippen molar-refractivity contribution in [1.82, 2.24) is 4.90 Å². The van der Waals surface area contributed by atoms with Crippen molar-refractivity contribution in [3.63, 3.8) is 0 Å². The van der Waals surface area contributed by atoms with Crippen LogP contribution in [-0.2, 0) is 9.47 Å². The molecule has 0 aliphatic carbocycles. The molecule has 1 fully saturated rings. The first kappa shape index (κ1) is 15.6. The molecular formula is C16H23N3O2. The van der Waals surface area contributed by atoms with Crippen molar-refractivity contribution >= 4 is 6.21 Å². The number of hydrogen-bond acceptors (Lipinski definition) is 5.